The van der Waals surface area contributed by atoms with Crippen molar-refractivity contribution in [2.75, 3.05) is 14.2 Å². The van der Waals surface area contributed by atoms with Crippen LogP contribution in [0.1, 0.15) is 28.0 Å². The number of hydrogen-bond acceptors (Lipinski definition) is 5. The Kier molecular flexibility index (Phi) is 4.33. The van der Waals surface area contributed by atoms with Crippen LogP contribution in [-0.2, 0) is 11.3 Å². The van der Waals surface area contributed by atoms with Gasteiger partial charge in [-0.1, -0.05) is 0 Å². The first-order valence-electron chi connectivity index (χ1n) is 4.69. The van der Waals surface area contributed by atoms with Crippen molar-refractivity contribution in [1.29, 1.82) is 0 Å². The summed E-state index contributed by atoms with van der Waals surface area (Å²) < 4.78 is 34.8. The Balaban J connectivity index is 3.50. The van der Waals surface area contributed by atoms with Crippen LogP contribution in [0.2, 0.25) is 0 Å². The molecule has 0 aliphatic heterocycles. The van der Waals surface area contributed by atoms with E-state index in [-0.39, 0.29) is 17.9 Å². The fourth-order valence-electron chi connectivity index (χ4n) is 1.39. The van der Waals surface area contributed by atoms with Crippen molar-refractivity contribution >= 4 is 5.97 Å². The highest BCUT2D eigenvalue weighted by atomic mass is 19.3. The minimum Gasteiger partial charge on any atom is -0.495 e. The quantitative estimate of drug-likeness (QED) is 0.810. The van der Waals surface area contributed by atoms with Crippen molar-refractivity contribution in [2.24, 2.45) is 5.73 Å². The Morgan fingerprint density at radius 1 is 1.53 bits per heavy atom. The molecule has 1 aromatic rings. The second-order valence-electron chi connectivity index (χ2n) is 3.07. The van der Waals surface area contributed by atoms with Crippen LogP contribution in [0.25, 0.3) is 0 Å². The van der Waals surface area contributed by atoms with Gasteiger partial charge in [0.15, 0.2) is 0 Å². The molecule has 0 saturated heterocycles. The second-order valence-corrected chi connectivity index (χ2v) is 3.07. The molecule has 0 radical (unpaired) electrons. The summed E-state index contributed by atoms with van der Waals surface area (Å²) in [6, 6.07) is 0. The van der Waals surface area contributed by atoms with E-state index in [1.165, 1.54) is 7.11 Å². The lowest BCUT2D eigenvalue weighted by molar-refractivity contribution is 0.0582. The molecule has 1 heterocycles. The topological polar surface area (TPSA) is 74.4 Å². The number of esters is 1. The molecule has 17 heavy (non-hydrogen) atoms. The van der Waals surface area contributed by atoms with Crippen molar-refractivity contribution in [3.05, 3.63) is 23.0 Å². The molecule has 0 bridgehead atoms. The van der Waals surface area contributed by atoms with Crippen LogP contribution in [-0.4, -0.2) is 25.2 Å². The van der Waals surface area contributed by atoms with Gasteiger partial charge in [0.1, 0.15) is 17.0 Å². The molecule has 0 unspecified atom stereocenters. The fourth-order valence-corrected chi connectivity index (χ4v) is 1.39. The van der Waals surface area contributed by atoms with E-state index in [0.717, 1.165) is 13.3 Å². The van der Waals surface area contributed by atoms with E-state index in [9.17, 15) is 13.6 Å². The third kappa shape index (κ3) is 2.50. The van der Waals surface area contributed by atoms with Crippen LogP contribution < -0.4 is 10.5 Å². The number of methoxy groups -OCH3 is 2. The number of rotatable bonds is 4. The van der Waals surface area contributed by atoms with Gasteiger partial charge in [0, 0.05) is 18.3 Å². The van der Waals surface area contributed by atoms with Crippen LogP contribution in [0.15, 0.2) is 6.20 Å². The summed E-state index contributed by atoms with van der Waals surface area (Å²) >= 11 is 0. The molecular formula is C10H12F2N2O3. The average Bonchev–Trinajstić information content (AvgIpc) is 2.35. The van der Waals surface area contributed by atoms with Crippen LogP contribution in [0, 0.1) is 0 Å². The third-order valence-corrected chi connectivity index (χ3v) is 2.15. The number of halogens is 2. The number of nitrogens with two attached hydrogens (primary N) is 1. The van der Waals surface area contributed by atoms with Crippen LogP contribution in [0.5, 0.6) is 5.75 Å². The summed E-state index contributed by atoms with van der Waals surface area (Å²) in [7, 11) is 2.35. The van der Waals surface area contributed by atoms with Crippen LogP contribution in [0.3, 0.4) is 0 Å². The lowest BCUT2D eigenvalue weighted by Crippen LogP contribution is -2.13. The lowest BCUT2D eigenvalue weighted by atomic mass is 10.1. The normalized spacial score (nSPS) is 10.5. The van der Waals surface area contributed by atoms with Gasteiger partial charge in [-0.15, -0.1) is 0 Å². The number of nitrogens with zero attached hydrogens (tertiary/aromatic N) is 1. The summed E-state index contributed by atoms with van der Waals surface area (Å²) in [6.07, 6.45) is -1.74. The van der Waals surface area contributed by atoms with Gasteiger partial charge in [-0.3, -0.25) is 4.98 Å². The van der Waals surface area contributed by atoms with Crippen molar-refractivity contribution in [2.45, 2.75) is 13.0 Å². The van der Waals surface area contributed by atoms with Crippen molar-refractivity contribution in [3.8, 4) is 5.75 Å². The van der Waals surface area contributed by atoms with Crippen LogP contribution >= 0.6 is 0 Å². The van der Waals surface area contributed by atoms with Crippen molar-refractivity contribution < 1.29 is 23.0 Å². The van der Waals surface area contributed by atoms with Gasteiger partial charge in [0.05, 0.1) is 14.2 Å². The first-order chi connectivity index (χ1) is 8.06. The molecule has 5 nitrogen and oxygen atoms in total. The number of carbonyl (C=O) groups is 1. The van der Waals surface area contributed by atoms with E-state index in [1.54, 1.807) is 0 Å². The summed E-state index contributed by atoms with van der Waals surface area (Å²) in [6.45, 7) is 0.0175. The average molecular weight is 246 g/mol. The van der Waals surface area contributed by atoms with E-state index in [0.29, 0.717) is 5.56 Å². The smallest absolute Gasteiger partial charge is 0.343 e. The Bertz CT molecular complexity index is 424. The molecule has 1 rings (SSSR count). The van der Waals surface area contributed by atoms with Gasteiger partial charge in [-0.2, -0.15) is 0 Å². The second kappa shape index (κ2) is 5.53. The molecule has 0 aromatic carbocycles. The lowest BCUT2D eigenvalue weighted by Gasteiger charge is -2.14. The maximum Gasteiger partial charge on any atom is 0.343 e. The highest BCUT2D eigenvalue weighted by Gasteiger charge is 2.27. The van der Waals surface area contributed by atoms with Gasteiger partial charge in [-0.05, 0) is 0 Å². The van der Waals surface area contributed by atoms with Gasteiger partial charge in [-0.25, -0.2) is 13.6 Å². The van der Waals surface area contributed by atoms with E-state index in [1.807, 2.05) is 0 Å². The zero-order valence-corrected chi connectivity index (χ0v) is 9.37. The first kappa shape index (κ1) is 13.3. The Hall–Kier alpha value is -1.76. The van der Waals surface area contributed by atoms with Crippen molar-refractivity contribution in [3.63, 3.8) is 0 Å². The first-order valence-corrected chi connectivity index (χ1v) is 4.69. The summed E-state index contributed by atoms with van der Waals surface area (Å²) in [5.41, 5.74) is 4.71. The molecule has 0 fully saturated rings. The monoisotopic (exact) mass is 246 g/mol. The van der Waals surface area contributed by atoms with Gasteiger partial charge in [0.25, 0.3) is 6.43 Å². The number of pyridine rings is 1. The predicted octanol–water partition coefficient (Wildman–Crippen LogP) is 1.27. The largest absolute Gasteiger partial charge is 0.495 e. The maximum atomic E-state index is 12.7. The molecule has 7 heteroatoms. The molecule has 1 aromatic heterocycles. The molecule has 0 aliphatic rings. The number of carbonyl (C=O) groups excluding carboxylic acids is 1. The van der Waals surface area contributed by atoms with Gasteiger partial charge < -0.3 is 15.2 Å². The maximum absolute atomic E-state index is 12.7. The predicted molar refractivity (Wildman–Crippen MR) is 55.0 cm³/mol. The highest BCUT2D eigenvalue weighted by Crippen LogP contribution is 2.31. The zero-order valence-electron chi connectivity index (χ0n) is 9.37. The van der Waals surface area contributed by atoms with Gasteiger partial charge in [0.2, 0.25) is 0 Å². The Labute approximate surface area is 96.5 Å². The van der Waals surface area contributed by atoms with E-state index < -0.39 is 18.1 Å². The Morgan fingerprint density at radius 2 is 2.18 bits per heavy atom. The SMILES string of the molecule is COC(=O)c1c(C(F)F)ncc(CN)c1OC. The molecule has 0 atom stereocenters. The number of hydrogen-bond donors (Lipinski definition) is 1. The molecule has 0 saturated carbocycles. The minimum atomic E-state index is -2.90. The summed E-state index contributed by atoms with van der Waals surface area (Å²) in [5.74, 6) is -0.954. The molecule has 2 N–H and O–H groups in total. The van der Waals surface area contributed by atoms with Crippen molar-refractivity contribution in [1.82, 2.24) is 4.98 Å². The number of alkyl halides is 2. The standard InChI is InChI=1S/C10H12F2N2O3/c1-16-8-5(3-13)4-14-7(9(11)12)6(8)10(15)17-2/h4,9H,3,13H2,1-2H3. The molecular weight excluding hydrogens is 234 g/mol. The summed E-state index contributed by atoms with van der Waals surface area (Å²) in [4.78, 5) is 15.0. The molecule has 0 spiro atoms. The van der Waals surface area contributed by atoms with Gasteiger partial charge >= 0.3 is 5.97 Å². The number of ether oxygens (including phenoxy) is 2. The molecule has 0 aliphatic carbocycles. The zero-order chi connectivity index (χ0) is 13.0. The third-order valence-electron chi connectivity index (χ3n) is 2.15. The summed E-state index contributed by atoms with van der Waals surface area (Å²) in [5, 5.41) is 0. The van der Waals surface area contributed by atoms with Crippen LogP contribution in [0.4, 0.5) is 8.78 Å². The number of aromatic nitrogens is 1. The molecule has 0 amide bonds. The van der Waals surface area contributed by atoms with E-state index >= 15 is 0 Å². The molecule has 94 valence electrons. The van der Waals surface area contributed by atoms with E-state index in [4.69, 9.17) is 10.5 Å². The highest BCUT2D eigenvalue weighted by molar-refractivity contribution is 5.94. The minimum absolute atomic E-state index is 0.0175. The fraction of sp³-hybridized carbons (Fsp3) is 0.400. The Morgan fingerprint density at radius 3 is 2.59 bits per heavy atom. The van der Waals surface area contributed by atoms with E-state index in [2.05, 4.69) is 9.72 Å².